The molecule has 2 heterocycles. The van der Waals surface area contributed by atoms with Crippen molar-refractivity contribution in [3.8, 4) is 6.07 Å². The quantitative estimate of drug-likeness (QED) is 0.833. The number of aryl methyl sites for hydroxylation is 1. The van der Waals surface area contributed by atoms with E-state index >= 15 is 0 Å². The Morgan fingerprint density at radius 3 is 2.56 bits per heavy atom. The average Bonchev–Trinajstić information content (AvgIpc) is 2.93. The van der Waals surface area contributed by atoms with Gasteiger partial charge >= 0.3 is 0 Å². The third-order valence-corrected chi connectivity index (χ3v) is 5.17. The van der Waals surface area contributed by atoms with E-state index in [1.165, 1.54) is 43.5 Å². The molecule has 2 aromatic rings. The molecule has 1 saturated carbocycles. The van der Waals surface area contributed by atoms with Crippen molar-refractivity contribution in [3.63, 3.8) is 0 Å². The summed E-state index contributed by atoms with van der Waals surface area (Å²) in [5.74, 6) is 0.847. The van der Waals surface area contributed by atoms with Crippen LogP contribution in [0.5, 0.6) is 0 Å². The first-order chi connectivity index (χ1) is 12.9. The summed E-state index contributed by atoms with van der Waals surface area (Å²) in [6, 6.07) is 4.91. The zero-order chi connectivity index (χ0) is 19.6. The fraction of sp³-hybridized carbons (Fsp3) is 0.500. The lowest BCUT2D eigenvalue weighted by atomic mass is 9.95. The summed E-state index contributed by atoms with van der Waals surface area (Å²) in [7, 11) is 3.65. The molecule has 0 amide bonds. The molecule has 0 spiro atoms. The second-order valence-corrected chi connectivity index (χ2v) is 7.37. The van der Waals surface area contributed by atoms with Gasteiger partial charge in [-0.25, -0.2) is 0 Å². The van der Waals surface area contributed by atoms with Crippen molar-refractivity contribution in [1.29, 1.82) is 5.26 Å². The van der Waals surface area contributed by atoms with Gasteiger partial charge in [0.1, 0.15) is 6.07 Å². The molecule has 2 N–H and O–H groups in total. The standard InChI is InChI=1S/C20H27N7/c1-13-10-15(14(2)27(13)17-8-6-5-7-9-17)11-16(12-21)18-23-19(22)25-20(24-18)26(3)4/h10-11,17H,5-9H2,1-4H3,(H2,22,23,24,25). The zero-order valence-electron chi connectivity index (χ0n) is 16.5. The van der Waals surface area contributed by atoms with Crippen LogP contribution in [0.4, 0.5) is 11.9 Å². The minimum absolute atomic E-state index is 0.109. The predicted octanol–water partition coefficient (Wildman–Crippen LogP) is 3.51. The minimum Gasteiger partial charge on any atom is -0.368 e. The highest BCUT2D eigenvalue weighted by Gasteiger charge is 2.20. The Labute approximate surface area is 160 Å². The summed E-state index contributed by atoms with van der Waals surface area (Å²) in [5.41, 5.74) is 9.63. The highest BCUT2D eigenvalue weighted by atomic mass is 15.3. The molecule has 0 unspecified atom stereocenters. The molecule has 1 aliphatic rings. The smallest absolute Gasteiger partial charge is 0.230 e. The van der Waals surface area contributed by atoms with Crippen LogP contribution in [0.1, 0.15) is 60.9 Å². The molecule has 7 nitrogen and oxygen atoms in total. The maximum atomic E-state index is 9.70. The van der Waals surface area contributed by atoms with Gasteiger partial charge in [-0.2, -0.15) is 20.2 Å². The van der Waals surface area contributed by atoms with Crippen LogP contribution >= 0.6 is 0 Å². The number of nitriles is 1. The third kappa shape index (κ3) is 3.95. The molecule has 3 rings (SSSR count). The number of hydrogen-bond donors (Lipinski definition) is 1. The van der Waals surface area contributed by atoms with Crippen LogP contribution in [0.3, 0.4) is 0 Å². The number of rotatable bonds is 4. The van der Waals surface area contributed by atoms with Gasteiger partial charge in [0.2, 0.25) is 11.9 Å². The first kappa shape index (κ1) is 18.9. The van der Waals surface area contributed by atoms with E-state index in [2.05, 4.69) is 45.5 Å². The molecule has 1 aliphatic carbocycles. The van der Waals surface area contributed by atoms with Crippen molar-refractivity contribution >= 4 is 23.5 Å². The Morgan fingerprint density at radius 1 is 1.22 bits per heavy atom. The molecule has 0 aliphatic heterocycles. The van der Waals surface area contributed by atoms with Crippen molar-refractivity contribution < 1.29 is 0 Å². The predicted molar refractivity (Wildman–Crippen MR) is 108 cm³/mol. The first-order valence-corrected chi connectivity index (χ1v) is 9.40. The Hall–Kier alpha value is -2.88. The van der Waals surface area contributed by atoms with E-state index in [0.717, 1.165) is 5.56 Å². The third-order valence-electron chi connectivity index (χ3n) is 5.17. The Morgan fingerprint density at radius 2 is 1.93 bits per heavy atom. The number of anilines is 2. The lowest BCUT2D eigenvalue weighted by Crippen LogP contribution is -2.16. The van der Waals surface area contributed by atoms with Gasteiger partial charge in [0, 0.05) is 31.5 Å². The van der Waals surface area contributed by atoms with Crippen molar-refractivity contribution in [2.24, 2.45) is 0 Å². The summed E-state index contributed by atoms with van der Waals surface area (Å²) in [6.45, 7) is 4.26. The highest BCUT2D eigenvalue weighted by Crippen LogP contribution is 2.33. The van der Waals surface area contributed by atoms with Gasteiger partial charge in [-0.3, -0.25) is 0 Å². The summed E-state index contributed by atoms with van der Waals surface area (Å²) >= 11 is 0. The van der Waals surface area contributed by atoms with Crippen molar-refractivity contribution in [1.82, 2.24) is 19.5 Å². The summed E-state index contributed by atoms with van der Waals surface area (Å²) in [5, 5.41) is 9.70. The lowest BCUT2D eigenvalue weighted by Gasteiger charge is -2.26. The Kier molecular flexibility index (Phi) is 5.45. The maximum Gasteiger partial charge on any atom is 0.230 e. The molecule has 0 saturated heterocycles. The molecule has 0 radical (unpaired) electrons. The molecule has 2 aromatic heterocycles. The highest BCUT2D eigenvalue weighted by molar-refractivity contribution is 5.88. The molecule has 27 heavy (non-hydrogen) atoms. The molecule has 0 aromatic carbocycles. The topological polar surface area (TPSA) is 96.7 Å². The van der Waals surface area contributed by atoms with E-state index in [1.807, 2.05) is 20.2 Å². The van der Waals surface area contributed by atoms with Crippen LogP contribution < -0.4 is 10.6 Å². The van der Waals surface area contributed by atoms with Crippen LogP contribution in [0.2, 0.25) is 0 Å². The zero-order valence-corrected chi connectivity index (χ0v) is 16.5. The Bertz CT molecular complexity index is 896. The number of aromatic nitrogens is 4. The van der Waals surface area contributed by atoms with Gasteiger partial charge < -0.3 is 15.2 Å². The van der Waals surface area contributed by atoms with Crippen LogP contribution in [0.25, 0.3) is 11.6 Å². The Balaban J connectivity index is 2.01. The molecule has 142 valence electrons. The van der Waals surface area contributed by atoms with Gasteiger partial charge in [0.25, 0.3) is 0 Å². The number of nitrogen functional groups attached to an aromatic ring is 1. The van der Waals surface area contributed by atoms with E-state index in [-0.39, 0.29) is 5.95 Å². The number of nitrogens with zero attached hydrogens (tertiary/aromatic N) is 6. The SMILES string of the molecule is Cc1cc(C=C(C#N)c2nc(N)nc(N(C)C)n2)c(C)n1C1CCCCC1. The van der Waals surface area contributed by atoms with Crippen LogP contribution in [0, 0.1) is 25.2 Å². The van der Waals surface area contributed by atoms with E-state index < -0.39 is 0 Å². The van der Waals surface area contributed by atoms with Gasteiger partial charge in [0.05, 0.1) is 5.57 Å². The number of allylic oxidation sites excluding steroid dienone is 1. The normalized spacial score (nSPS) is 15.6. The van der Waals surface area contributed by atoms with Crippen LogP contribution in [-0.4, -0.2) is 33.6 Å². The average molecular weight is 365 g/mol. The van der Waals surface area contributed by atoms with Gasteiger partial charge in [0.15, 0.2) is 5.82 Å². The second-order valence-electron chi connectivity index (χ2n) is 7.37. The van der Waals surface area contributed by atoms with Crippen molar-refractivity contribution in [2.75, 3.05) is 24.7 Å². The number of hydrogen-bond acceptors (Lipinski definition) is 6. The minimum atomic E-state index is 0.109. The first-order valence-electron chi connectivity index (χ1n) is 9.40. The monoisotopic (exact) mass is 365 g/mol. The molecular formula is C20H27N7. The fourth-order valence-corrected chi connectivity index (χ4v) is 3.85. The van der Waals surface area contributed by atoms with E-state index in [4.69, 9.17) is 5.73 Å². The van der Waals surface area contributed by atoms with Crippen LogP contribution in [0.15, 0.2) is 6.07 Å². The second kappa shape index (κ2) is 7.78. The fourth-order valence-electron chi connectivity index (χ4n) is 3.85. The van der Waals surface area contributed by atoms with Gasteiger partial charge in [-0.1, -0.05) is 19.3 Å². The summed E-state index contributed by atoms with van der Waals surface area (Å²) < 4.78 is 2.42. The molecular weight excluding hydrogens is 338 g/mol. The maximum absolute atomic E-state index is 9.70. The van der Waals surface area contributed by atoms with Gasteiger partial charge in [-0.15, -0.1) is 0 Å². The van der Waals surface area contributed by atoms with E-state index in [1.54, 1.807) is 4.90 Å². The molecule has 0 bridgehead atoms. The molecule has 0 atom stereocenters. The molecule has 1 fully saturated rings. The van der Waals surface area contributed by atoms with E-state index in [9.17, 15) is 5.26 Å². The van der Waals surface area contributed by atoms with Crippen molar-refractivity contribution in [2.45, 2.75) is 52.0 Å². The van der Waals surface area contributed by atoms with Crippen LogP contribution in [-0.2, 0) is 0 Å². The van der Waals surface area contributed by atoms with Gasteiger partial charge in [-0.05, 0) is 44.4 Å². The lowest BCUT2D eigenvalue weighted by molar-refractivity contribution is 0.346. The number of nitrogens with two attached hydrogens (primary N) is 1. The van der Waals surface area contributed by atoms with Crippen molar-refractivity contribution in [3.05, 3.63) is 28.8 Å². The van der Waals surface area contributed by atoms with E-state index in [0.29, 0.717) is 23.4 Å². The summed E-state index contributed by atoms with van der Waals surface area (Å²) in [6.07, 6.45) is 8.20. The molecule has 7 heteroatoms. The summed E-state index contributed by atoms with van der Waals surface area (Å²) in [4.78, 5) is 14.4. The largest absolute Gasteiger partial charge is 0.368 e.